The molecule has 27 heavy (non-hydrogen) atoms. The highest BCUT2D eigenvalue weighted by atomic mass is 16.7. The Labute approximate surface area is 158 Å². The van der Waals surface area contributed by atoms with Gasteiger partial charge in [-0.1, -0.05) is 27.7 Å². The van der Waals surface area contributed by atoms with Crippen molar-refractivity contribution in [1.82, 2.24) is 0 Å². The lowest BCUT2D eigenvalue weighted by Gasteiger charge is -2.39. The molecule has 1 saturated heterocycles. The monoisotopic (exact) mass is 387 g/mol. The van der Waals surface area contributed by atoms with Gasteiger partial charge < -0.3 is 23.7 Å². The Bertz CT molecular complexity index is 503. The van der Waals surface area contributed by atoms with Crippen LogP contribution in [-0.2, 0) is 42.9 Å². The standard InChI is InChI=1S/C18H27O9/c1-5-13(19)23-10-11-9-12(25-14(20)6-2)17(26-15(21)7-3)18(24-11)27-16(22)8-4/h9,11-12,17-18H,5-8,10H2,1-4H3/t11-,12+,17-,18-/m1/s1. The molecule has 153 valence electrons. The summed E-state index contributed by atoms with van der Waals surface area (Å²) in [4.78, 5) is 46.7. The van der Waals surface area contributed by atoms with Crippen molar-refractivity contribution in [2.45, 2.75) is 78.0 Å². The fourth-order valence-corrected chi connectivity index (χ4v) is 2.15. The molecule has 1 aliphatic heterocycles. The van der Waals surface area contributed by atoms with Crippen molar-refractivity contribution in [2.75, 3.05) is 6.61 Å². The molecule has 0 saturated carbocycles. The highest BCUT2D eigenvalue weighted by Crippen LogP contribution is 2.27. The van der Waals surface area contributed by atoms with Gasteiger partial charge in [0.05, 0.1) is 0 Å². The van der Waals surface area contributed by atoms with Crippen LogP contribution in [0.3, 0.4) is 0 Å². The summed E-state index contributed by atoms with van der Waals surface area (Å²) in [6, 6.07) is 0. The van der Waals surface area contributed by atoms with Crippen molar-refractivity contribution in [1.29, 1.82) is 0 Å². The molecule has 1 heterocycles. The minimum Gasteiger partial charge on any atom is -0.463 e. The zero-order valence-corrected chi connectivity index (χ0v) is 16.1. The highest BCUT2D eigenvalue weighted by Gasteiger charge is 2.46. The molecule has 9 heteroatoms. The van der Waals surface area contributed by atoms with Gasteiger partial charge in [0.1, 0.15) is 12.7 Å². The molecule has 1 rings (SSSR count). The first-order chi connectivity index (χ1) is 12.8. The maximum Gasteiger partial charge on any atom is 0.307 e. The van der Waals surface area contributed by atoms with Crippen molar-refractivity contribution >= 4 is 23.9 Å². The summed E-state index contributed by atoms with van der Waals surface area (Å²) < 4.78 is 26.5. The van der Waals surface area contributed by atoms with E-state index in [1.807, 2.05) is 0 Å². The number of carbonyl (C=O) groups excluding carboxylic acids is 4. The van der Waals surface area contributed by atoms with Gasteiger partial charge in [-0.3, -0.25) is 19.2 Å². The average Bonchev–Trinajstić information content (AvgIpc) is 2.67. The number of ether oxygens (including phenoxy) is 5. The van der Waals surface area contributed by atoms with Crippen LogP contribution in [0.1, 0.15) is 53.4 Å². The number of hydrogen-bond acceptors (Lipinski definition) is 9. The second kappa shape index (κ2) is 11.5. The van der Waals surface area contributed by atoms with E-state index < -0.39 is 48.5 Å². The minimum absolute atomic E-state index is 0.0763. The SMILES string of the molecule is CCC(=O)OC[C@H]1[CH][C@H](OC(=O)CC)[C@@H](OC(=O)CC)[C@@H](OC(=O)CC)O1. The smallest absolute Gasteiger partial charge is 0.307 e. The molecule has 1 aliphatic rings. The van der Waals surface area contributed by atoms with E-state index >= 15 is 0 Å². The van der Waals surface area contributed by atoms with E-state index in [-0.39, 0.29) is 32.3 Å². The van der Waals surface area contributed by atoms with Gasteiger partial charge in [0.25, 0.3) is 0 Å². The molecule has 0 aliphatic carbocycles. The zero-order valence-electron chi connectivity index (χ0n) is 16.1. The van der Waals surface area contributed by atoms with E-state index in [0.29, 0.717) is 0 Å². The van der Waals surface area contributed by atoms with Crippen LogP contribution in [0, 0.1) is 6.42 Å². The summed E-state index contributed by atoms with van der Waals surface area (Å²) >= 11 is 0. The molecule has 0 aromatic rings. The van der Waals surface area contributed by atoms with Gasteiger partial charge in [-0.15, -0.1) is 0 Å². The lowest BCUT2D eigenvalue weighted by molar-refractivity contribution is -0.258. The van der Waals surface area contributed by atoms with Crippen molar-refractivity contribution < 1.29 is 42.9 Å². The van der Waals surface area contributed by atoms with Gasteiger partial charge in [0.15, 0.2) is 6.10 Å². The van der Waals surface area contributed by atoms with Crippen LogP contribution >= 0.6 is 0 Å². The van der Waals surface area contributed by atoms with Gasteiger partial charge in [-0.25, -0.2) is 0 Å². The summed E-state index contributed by atoms with van der Waals surface area (Å²) in [5.41, 5.74) is 0. The number of hydrogen-bond donors (Lipinski definition) is 0. The van der Waals surface area contributed by atoms with E-state index in [1.165, 1.54) is 6.42 Å². The Morgan fingerprint density at radius 3 is 1.85 bits per heavy atom. The lowest BCUT2D eigenvalue weighted by Crippen LogP contribution is -2.55. The summed E-state index contributed by atoms with van der Waals surface area (Å²) in [5, 5.41) is 0. The number of carbonyl (C=O) groups is 4. The predicted molar refractivity (Wildman–Crippen MR) is 90.9 cm³/mol. The van der Waals surface area contributed by atoms with Crippen molar-refractivity contribution in [3.8, 4) is 0 Å². The predicted octanol–water partition coefficient (Wildman–Crippen LogP) is 1.47. The largest absolute Gasteiger partial charge is 0.463 e. The quantitative estimate of drug-likeness (QED) is 0.428. The van der Waals surface area contributed by atoms with E-state index in [0.717, 1.165) is 0 Å². The summed E-state index contributed by atoms with van der Waals surface area (Å²) in [5.74, 6) is -2.11. The first-order valence-electron chi connectivity index (χ1n) is 9.08. The summed E-state index contributed by atoms with van der Waals surface area (Å²) in [6.07, 6.45) is -2.35. The second-order valence-electron chi connectivity index (χ2n) is 5.73. The molecule has 4 atom stereocenters. The Morgan fingerprint density at radius 1 is 0.778 bits per heavy atom. The minimum atomic E-state index is -1.29. The van der Waals surface area contributed by atoms with Crippen molar-refractivity contribution in [2.24, 2.45) is 0 Å². The Hall–Kier alpha value is -2.16. The third-order valence-electron chi connectivity index (χ3n) is 3.65. The van der Waals surface area contributed by atoms with Gasteiger partial charge in [-0.05, 0) is 0 Å². The third kappa shape index (κ3) is 7.54. The average molecular weight is 387 g/mol. The van der Waals surface area contributed by atoms with E-state index in [4.69, 9.17) is 23.7 Å². The fourth-order valence-electron chi connectivity index (χ4n) is 2.15. The first-order valence-corrected chi connectivity index (χ1v) is 9.08. The molecular weight excluding hydrogens is 360 g/mol. The van der Waals surface area contributed by atoms with Crippen LogP contribution in [0.2, 0.25) is 0 Å². The van der Waals surface area contributed by atoms with Gasteiger partial charge >= 0.3 is 23.9 Å². The van der Waals surface area contributed by atoms with Gasteiger partial charge in [-0.2, -0.15) is 0 Å². The molecule has 0 aromatic carbocycles. The highest BCUT2D eigenvalue weighted by molar-refractivity contribution is 5.71. The topological polar surface area (TPSA) is 114 Å². The van der Waals surface area contributed by atoms with E-state index in [9.17, 15) is 19.2 Å². The second-order valence-corrected chi connectivity index (χ2v) is 5.73. The summed E-state index contributed by atoms with van der Waals surface area (Å²) in [7, 11) is 0. The molecule has 1 fully saturated rings. The fraction of sp³-hybridized carbons (Fsp3) is 0.722. The number of esters is 4. The Balaban J connectivity index is 3.00. The Kier molecular flexibility index (Phi) is 9.77. The molecule has 1 radical (unpaired) electrons. The van der Waals surface area contributed by atoms with Gasteiger partial charge in [0.2, 0.25) is 12.4 Å². The molecule has 0 N–H and O–H groups in total. The zero-order chi connectivity index (χ0) is 20.4. The normalized spacial score (nSPS) is 24.6. The van der Waals surface area contributed by atoms with Crippen LogP contribution in [-0.4, -0.2) is 55.1 Å². The molecule has 0 bridgehead atoms. The molecule has 0 spiro atoms. The van der Waals surface area contributed by atoms with E-state index in [2.05, 4.69) is 0 Å². The maximum atomic E-state index is 11.8. The molecule has 9 nitrogen and oxygen atoms in total. The van der Waals surface area contributed by atoms with Crippen LogP contribution in [0.25, 0.3) is 0 Å². The van der Waals surface area contributed by atoms with Crippen LogP contribution in [0.4, 0.5) is 0 Å². The van der Waals surface area contributed by atoms with Crippen LogP contribution in [0.5, 0.6) is 0 Å². The van der Waals surface area contributed by atoms with Crippen molar-refractivity contribution in [3.63, 3.8) is 0 Å². The Morgan fingerprint density at radius 2 is 1.30 bits per heavy atom. The molecular formula is C18H27O9. The summed E-state index contributed by atoms with van der Waals surface area (Å²) in [6.45, 7) is 6.30. The lowest BCUT2D eigenvalue weighted by atomic mass is 10.0. The van der Waals surface area contributed by atoms with Crippen LogP contribution < -0.4 is 0 Å². The van der Waals surface area contributed by atoms with Gasteiger partial charge in [0, 0.05) is 32.1 Å². The first kappa shape index (κ1) is 22.9. The third-order valence-corrected chi connectivity index (χ3v) is 3.65. The maximum absolute atomic E-state index is 11.8. The molecule has 0 aromatic heterocycles. The van der Waals surface area contributed by atoms with Crippen molar-refractivity contribution in [3.05, 3.63) is 6.42 Å². The molecule has 0 unspecified atom stereocenters. The molecule has 0 amide bonds. The van der Waals surface area contributed by atoms with E-state index in [1.54, 1.807) is 27.7 Å². The number of rotatable bonds is 9. The van der Waals surface area contributed by atoms with Crippen LogP contribution in [0.15, 0.2) is 0 Å².